The van der Waals surface area contributed by atoms with Gasteiger partial charge in [-0.15, -0.1) is 6.58 Å². The van der Waals surface area contributed by atoms with Gasteiger partial charge in [0.15, 0.2) is 0 Å². The largest absolute Gasteiger partial charge is 0.351 e. The Kier molecular flexibility index (Phi) is 5.35. The zero-order valence-corrected chi connectivity index (χ0v) is 13.4. The van der Waals surface area contributed by atoms with Gasteiger partial charge in [-0.2, -0.15) is 0 Å². The molecule has 0 unspecified atom stereocenters. The Morgan fingerprint density at radius 1 is 1.36 bits per heavy atom. The van der Waals surface area contributed by atoms with Crippen LogP contribution in [0.25, 0.3) is 0 Å². The molecule has 114 valence electrons. The highest BCUT2D eigenvalue weighted by atomic mass is 35.5. The van der Waals surface area contributed by atoms with Gasteiger partial charge in [0.2, 0.25) is 5.95 Å². The minimum atomic E-state index is -0.392. The Morgan fingerprint density at radius 3 is 2.86 bits per heavy atom. The number of nitrogens with zero attached hydrogens (tertiary/aromatic N) is 2. The second-order valence-corrected chi connectivity index (χ2v) is 5.23. The van der Waals surface area contributed by atoms with E-state index < -0.39 is 5.91 Å². The number of nitrogens with one attached hydrogen (secondary N) is 2. The number of aromatic nitrogens is 2. The number of aryl methyl sites for hydroxylation is 1. The molecule has 0 aliphatic carbocycles. The van der Waals surface area contributed by atoms with Crippen molar-refractivity contribution in [3.05, 3.63) is 58.4 Å². The molecular formula is C15H14Cl2N4O. The third-order valence-corrected chi connectivity index (χ3v) is 3.51. The number of amides is 1. The third-order valence-electron chi connectivity index (χ3n) is 2.69. The quantitative estimate of drug-likeness (QED) is 0.811. The van der Waals surface area contributed by atoms with Gasteiger partial charge in [-0.05, 0) is 25.1 Å². The summed E-state index contributed by atoms with van der Waals surface area (Å²) in [5.41, 5.74) is 1.33. The van der Waals surface area contributed by atoms with Crippen LogP contribution in [0.4, 0.5) is 11.6 Å². The number of hydrogen-bond donors (Lipinski definition) is 2. The van der Waals surface area contributed by atoms with E-state index in [0.29, 0.717) is 28.9 Å². The second-order valence-electron chi connectivity index (χ2n) is 4.44. The Morgan fingerprint density at radius 2 is 2.14 bits per heavy atom. The smallest absolute Gasteiger partial charge is 0.274 e. The van der Waals surface area contributed by atoms with E-state index in [-0.39, 0.29) is 10.7 Å². The Balaban J connectivity index is 2.23. The molecule has 0 saturated heterocycles. The molecule has 0 aliphatic heterocycles. The van der Waals surface area contributed by atoms with Gasteiger partial charge < -0.3 is 10.6 Å². The molecule has 22 heavy (non-hydrogen) atoms. The topological polar surface area (TPSA) is 66.9 Å². The van der Waals surface area contributed by atoms with Gasteiger partial charge in [0.25, 0.3) is 5.91 Å². The lowest BCUT2D eigenvalue weighted by atomic mass is 10.3. The highest BCUT2D eigenvalue weighted by molar-refractivity contribution is 6.44. The maximum Gasteiger partial charge on any atom is 0.274 e. The molecular weight excluding hydrogens is 323 g/mol. The minimum absolute atomic E-state index is 0.232. The van der Waals surface area contributed by atoms with E-state index in [4.69, 9.17) is 23.2 Å². The summed E-state index contributed by atoms with van der Waals surface area (Å²) in [4.78, 5) is 20.7. The van der Waals surface area contributed by atoms with Crippen molar-refractivity contribution in [2.24, 2.45) is 0 Å². The summed E-state index contributed by atoms with van der Waals surface area (Å²) in [6, 6.07) is 6.60. The van der Waals surface area contributed by atoms with E-state index in [1.807, 2.05) is 0 Å². The summed E-state index contributed by atoms with van der Waals surface area (Å²) in [5.74, 6) is -0.0291. The van der Waals surface area contributed by atoms with Crippen LogP contribution in [-0.4, -0.2) is 22.4 Å². The van der Waals surface area contributed by atoms with Crippen LogP contribution in [0.3, 0.4) is 0 Å². The van der Waals surface area contributed by atoms with E-state index in [1.54, 1.807) is 37.3 Å². The zero-order valence-electron chi connectivity index (χ0n) is 11.9. The maximum atomic E-state index is 12.3. The van der Waals surface area contributed by atoms with Crippen molar-refractivity contribution in [2.45, 2.75) is 6.92 Å². The Bertz CT molecular complexity index is 719. The predicted octanol–water partition coefficient (Wildman–Crippen LogP) is 3.94. The normalized spacial score (nSPS) is 10.1. The lowest BCUT2D eigenvalue weighted by Crippen LogP contribution is -2.16. The van der Waals surface area contributed by atoms with Crippen LogP contribution in [0.5, 0.6) is 0 Å². The summed E-state index contributed by atoms with van der Waals surface area (Å²) in [6.07, 6.45) is 1.68. The highest BCUT2D eigenvalue weighted by Crippen LogP contribution is 2.29. The van der Waals surface area contributed by atoms with Crippen LogP contribution >= 0.6 is 23.2 Å². The van der Waals surface area contributed by atoms with E-state index in [2.05, 4.69) is 27.2 Å². The SMILES string of the molecule is C=CCNc1nc(C)cc(C(=O)Nc2cccc(Cl)c2Cl)n1. The summed E-state index contributed by atoms with van der Waals surface area (Å²) in [7, 11) is 0. The third kappa shape index (κ3) is 3.96. The minimum Gasteiger partial charge on any atom is -0.351 e. The fourth-order valence-electron chi connectivity index (χ4n) is 1.71. The molecule has 1 heterocycles. The van der Waals surface area contributed by atoms with Crippen molar-refractivity contribution < 1.29 is 4.79 Å². The Labute approximate surface area is 138 Å². The van der Waals surface area contributed by atoms with Crippen LogP contribution in [0.2, 0.25) is 10.0 Å². The van der Waals surface area contributed by atoms with Crippen molar-refractivity contribution in [1.29, 1.82) is 0 Å². The fourth-order valence-corrected chi connectivity index (χ4v) is 2.06. The van der Waals surface area contributed by atoms with Crippen LogP contribution in [0.1, 0.15) is 16.2 Å². The average Bonchev–Trinajstić information content (AvgIpc) is 2.49. The molecule has 0 spiro atoms. The maximum absolute atomic E-state index is 12.3. The lowest BCUT2D eigenvalue weighted by molar-refractivity contribution is 0.102. The van der Waals surface area contributed by atoms with Crippen molar-refractivity contribution in [2.75, 3.05) is 17.2 Å². The van der Waals surface area contributed by atoms with Crippen LogP contribution in [0, 0.1) is 6.92 Å². The number of carbonyl (C=O) groups excluding carboxylic acids is 1. The Hall–Kier alpha value is -2.11. The molecule has 0 radical (unpaired) electrons. The first kappa shape index (κ1) is 16.3. The van der Waals surface area contributed by atoms with E-state index in [0.717, 1.165) is 0 Å². The van der Waals surface area contributed by atoms with Gasteiger partial charge in [-0.1, -0.05) is 35.3 Å². The number of rotatable bonds is 5. The molecule has 2 N–H and O–H groups in total. The van der Waals surface area contributed by atoms with Crippen molar-refractivity contribution in [3.63, 3.8) is 0 Å². The van der Waals surface area contributed by atoms with Crippen LogP contribution in [-0.2, 0) is 0 Å². The number of hydrogen-bond acceptors (Lipinski definition) is 4. The molecule has 0 bridgehead atoms. The first-order valence-electron chi connectivity index (χ1n) is 6.47. The predicted molar refractivity (Wildman–Crippen MR) is 89.9 cm³/mol. The molecule has 2 aromatic rings. The first-order chi connectivity index (χ1) is 10.5. The summed E-state index contributed by atoms with van der Waals surface area (Å²) < 4.78 is 0. The number of halogens is 2. The lowest BCUT2D eigenvalue weighted by Gasteiger charge is -2.09. The fraction of sp³-hybridized carbons (Fsp3) is 0.133. The number of benzene rings is 1. The summed E-state index contributed by atoms with van der Waals surface area (Å²) >= 11 is 12.0. The molecule has 1 amide bonds. The molecule has 0 aliphatic rings. The second kappa shape index (κ2) is 7.24. The monoisotopic (exact) mass is 336 g/mol. The number of anilines is 2. The molecule has 0 fully saturated rings. The molecule has 1 aromatic carbocycles. The summed E-state index contributed by atoms with van der Waals surface area (Å²) in [5, 5.41) is 6.28. The molecule has 7 heteroatoms. The van der Waals surface area contributed by atoms with Crippen molar-refractivity contribution in [3.8, 4) is 0 Å². The van der Waals surface area contributed by atoms with Crippen LogP contribution < -0.4 is 10.6 Å². The molecule has 5 nitrogen and oxygen atoms in total. The van der Waals surface area contributed by atoms with E-state index in [9.17, 15) is 4.79 Å². The van der Waals surface area contributed by atoms with Crippen molar-refractivity contribution >= 4 is 40.7 Å². The molecule has 1 aromatic heterocycles. The molecule has 0 atom stereocenters. The van der Waals surface area contributed by atoms with Gasteiger partial charge in [0.1, 0.15) is 5.69 Å². The van der Waals surface area contributed by atoms with Crippen molar-refractivity contribution in [1.82, 2.24) is 9.97 Å². The molecule has 2 rings (SSSR count). The zero-order chi connectivity index (χ0) is 16.1. The van der Waals surface area contributed by atoms with Gasteiger partial charge >= 0.3 is 0 Å². The van der Waals surface area contributed by atoms with Crippen LogP contribution in [0.15, 0.2) is 36.9 Å². The standard InChI is InChI=1S/C15H14Cl2N4O/c1-3-7-18-15-19-9(2)8-12(21-15)14(22)20-11-6-4-5-10(16)13(11)17/h3-6,8H,1,7H2,2H3,(H,20,22)(H,18,19,21). The first-order valence-corrected chi connectivity index (χ1v) is 7.22. The van der Waals surface area contributed by atoms with Gasteiger partial charge in [-0.3, -0.25) is 4.79 Å². The highest BCUT2D eigenvalue weighted by Gasteiger charge is 2.13. The van der Waals surface area contributed by atoms with Gasteiger partial charge in [0, 0.05) is 12.2 Å². The van der Waals surface area contributed by atoms with Gasteiger partial charge in [0.05, 0.1) is 15.7 Å². The van der Waals surface area contributed by atoms with Gasteiger partial charge in [-0.25, -0.2) is 9.97 Å². The summed E-state index contributed by atoms with van der Waals surface area (Å²) in [6.45, 7) is 5.89. The average molecular weight is 337 g/mol. The number of carbonyl (C=O) groups is 1. The van der Waals surface area contributed by atoms with E-state index in [1.165, 1.54) is 0 Å². The van der Waals surface area contributed by atoms with E-state index >= 15 is 0 Å². The molecule has 0 saturated carbocycles.